The highest BCUT2D eigenvalue weighted by molar-refractivity contribution is 8.00. The summed E-state index contributed by atoms with van der Waals surface area (Å²) in [7, 11) is 1.81. The summed E-state index contributed by atoms with van der Waals surface area (Å²) in [6.45, 7) is 7.48. The monoisotopic (exact) mass is 377 g/mol. The molecule has 134 valence electrons. The average Bonchev–Trinajstić information content (AvgIpc) is 2.90. The molecule has 0 spiro atoms. The fourth-order valence-electron chi connectivity index (χ4n) is 2.46. The van der Waals surface area contributed by atoms with Crippen LogP contribution in [-0.2, 0) is 9.59 Å². The van der Waals surface area contributed by atoms with Crippen molar-refractivity contribution >= 4 is 40.6 Å². The molecule has 0 aliphatic rings. The number of nitrogens with one attached hydrogen (secondary N) is 1. The number of hydrogen-bond donors (Lipinski definition) is 1. The molecule has 0 aliphatic carbocycles. The number of para-hydroxylation sites is 1. The lowest BCUT2D eigenvalue weighted by molar-refractivity contribution is -0.129. The van der Waals surface area contributed by atoms with Gasteiger partial charge in [0, 0.05) is 23.7 Å². The normalized spacial score (nSPS) is 11.9. The topological polar surface area (TPSA) is 62.3 Å². The minimum absolute atomic E-state index is 0.0279. The number of thiazole rings is 1. The van der Waals surface area contributed by atoms with Crippen molar-refractivity contribution in [1.29, 1.82) is 0 Å². The third-order valence-corrected chi connectivity index (χ3v) is 5.82. The van der Waals surface area contributed by atoms with Gasteiger partial charge in [-0.1, -0.05) is 12.1 Å². The second-order valence-corrected chi connectivity index (χ2v) is 8.25. The maximum atomic E-state index is 12.6. The Kier molecular flexibility index (Phi) is 6.61. The number of carbonyl (C=O) groups excluding carboxylic acids is 2. The van der Waals surface area contributed by atoms with E-state index in [0.29, 0.717) is 5.75 Å². The highest BCUT2D eigenvalue weighted by atomic mass is 32.2. The molecule has 0 fully saturated rings. The summed E-state index contributed by atoms with van der Waals surface area (Å²) < 4.78 is 0. The van der Waals surface area contributed by atoms with E-state index in [1.807, 2.05) is 45.0 Å². The van der Waals surface area contributed by atoms with Crippen molar-refractivity contribution in [3.63, 3.8) is 0 Å². The van der Waals surface area contributed by atoms with Crippen molar-refractivity contribution in [3.8, 4) is 0 Å². The van der Waals surface area contributed by atoms with Gasteiger partial charge < -0.3 is 10.2 Å². The van der Waals surface area contributed by atoms with E-state index in [1.54, 1.807) is 23.3 Å². The molecule has 1 atom stereocenters. The van der Waals surface area contributed by atoms with Gasteiger partial charge >= 0.3 is 0 Å². The van der Waals surface area contributed by atoms with E-state index in [-0.39, 0.29) is 17.9 Å². The van der Waals surface area contributed by atoms with E-state index in [0.717, 1.165) is 26.2 Å². The van der Waals surface area contributed by atoms with Crippen LogP contribution in [0.5, 0.6) is 0 Å². The van der Waals surface area contributed by atoms with E-state index < -0.39 is 0 Å². The first-order valence-electron chi connectivity index (χ1n) is 7.98. The number of carbonyl (C=O) groups is 2. The molecule has 0 saturated carbocycles. The SMILES string of the molecule is CC(=O)Nc1ccccc1SCC(=O)N(C)C(C)c1nc(C)sc1C. The molecular weight excluding hydrogens is 354 g/mol. The number of rotatable bonds is 6. The molecule has 25 heavy (non-hydrogen) atoms. The molecule has 1 N–H and O–H groups in total. The maximum absolute atomic E-state index is 12.6. The zero-order valence-electron chi connectivity index (χ0n) is 15.1. The molecule has 1 aromatic heterocycles. The predicted molar refractivity (Wildman–Crippen MR) is 104 cm³/mol. The molecule has 1 aromatic carbocycles. The van der Waals surface area contributed by atoms with Crippen molar-refractivity contribution < 1.29 is 9.59 Å². The van der Waals surface area contributed by atoms with Crippen molar-refractivity contribution in [2.24, 2.45) is 0 Å². The Bertz CT molecular complexity index is 773. The van der Waals surface area contributed by atoms with Gasteiger partial charge in [0.1, 0.15) is 0 Å². The molecule has 2 amide bonds. The van der Waals surface area contributed by atoms with Crippen LogP contribution in [0.4, 0.5) is 5.69 Å². The first-order chi connectivity index (χ1) is 11.8. The molecule has 5 nitrogen and oxygen atoms in total. The van der Waals surface area contributed by atoms with Gasteiger partial charge in [-0.25, -0.2) is 4.98 Å². The van der Waals surface area contributed by atoms with Crippen molar-refractivity contribution in [1.82, 2.24) is 9.88 Å². The summed E-state index contributed by atoms with van der Waals surface area (Å²) in [5, 5.41) is 3.80. The Morgan fingerprint density at radius 3 is 2.60 bits per heavy atom. The summed E-state index contributed by atoms with van der Waals surface area (Å²) >= 11 is 3.07. The number of hydrogen-bond acceptors (Lipinski definition) is 5. The van der Waals surface area contributed by atoms with Crippen LogP contribution < -0.4 is 5.32 Å². The van der Waals surface area contributed by atoms with Gasteiger partial charge in [-0.2, -0.15) is 0 Å². The lowest BCUT2D eigenvalue weighted by atomic mass is 10.2. The zero-order chi connectivity index (χ0) is 18.6. The second-order valence-electron chi connectivity index (χ2n) is 5.82. The van der Waals surface area contributed by atoms with Gasteiger partial charge in [-0.3, -0.25) is 9.59 Å². The van der Waals surface area contributed by atoms with E-state index in [1.165, 1.54) is 18.7 Å². The number of aryl methyl sites for hydroxylation is 2. The molecule has 1 unspecified atom stereocenters. The molecule has 1 heterocycles. The van der Waals surface area contributed by atoms with Gasteiger partial charge in [0.05, 0.1) is 28.2 Å². The third kappa shape index (κ3) is 5.06. The summed E-state index contributed by atoms with van der Waals surface area (Å²) in [4.78, 5) is 32.2. The van der Waals surface area contributed by atoms with E-state index in [9.17, 15) is 9.59 Å². The van der Waals surface area contributed by atoms with Crippen molar-refractivity contribution in [3.05, 3.63) is 39.8 Å². The Hall–Kier alpha value is -1.86. The number of thioether (sulfide) groups is 1. The summed E-state index contributed by atoms with van der Waals surface area (Å²) in [6.07, 6.45) is 0. The fraction of sp³-hybridized carbons (Fsp3) is 0.389. The van der Waals surface area contributed by atoms with E-state index in [2.05, 4.69) is 10.3 Å². The predicted octanol–water partition coefficient (Wildman–Crippen LogP) is 4.03. The van der Waals surface area contributed by atoms with Crippen LogP contribution in [0.15, 0.2) is 29.2 Å². The van der Waals surface area contributed by atoms with E-state index in [4.69, 9.17) is 0 Å². The van der Waals surface area contributed by atoms with Crippen LogP contribution >= 0.6 is 23.1 Å². The molecule has 7 heteroatoms. The molecule has 0 bridgehead atoms. The van der Waals surface area contributed by atoms with Gasteiger partial charge in [0.15, 0.2) is 0 Å². The second kappa shape index (κ2) is 8.49. The van der Waals surface area contributed by atoms with Crippen LogP contribution in [0, 0.1) is 13.8 Å². The minimum atomic E-state index is -0.125. The smallest absolute Gasteiger partial charge is 0.233 e. The largest absolute Gasteiger partial charge is 0.337 e. The van der Waals surface area contributed by atoms with E-state index >= 15 is 0 Å². The molecule has 2 rings (SSSR count). The van der Waals surface area contributed by atoms with Gasteiger partial charge in [0.2, 0.25) is 11.8 Å². The lowest BCUT2D eigenvalue weighted by Crippen LogP contribution is -2.31. The summed E-state index contributed by atoms with van der Waals surface area (Å²) in [5.41, 5.74) is 1.69. The number of nitrogens with zero attached hydrogens (tertiary/aromatic N) is 2. The lowest BCUT2D eigenvalue weighted by Gasteiger charge is -2.24. The molecule has 0 aliphatic heterocycles. The van der Waals surface area contributed by atoms with Crippen molar-refractivity contribution in [2.45, 2.75) is 38.6 Å². The van der Waals surface area contributed by atoms with Crippen LogP contribution in [-0.4, -0.2) is 34.5 Å². The zero-order valence-corrected chi connectivity index (χ0v) is 16.8. The quantitative estimate of drug-likeness (QED) is 0.772. The van der Waals surface area contributed by atoms with Gasteiger partial charge in [0.25, 0.3) is 0 Å². The first kappa shape index (κ1) is 19.5. The number of benzene rings is 1. The molecular formula is C18H23N3O2S2. The highest BCUT2D eigenvalue weighted by Gasteiger charge is 2.22. The molecule has 0 saturated heterocycles. The molecule has 0 radical (unpaired) electrons. The number of aromatic nitrogens is 1. The van der Waals surface area contributed by atoms with Crippen LogP contribution in [0.2, 0.25) is 0 Å². The van der Waals surface area contributed by atoms with Crippen LogP contribution in [0.25, 0.3) is 0 Å². The van der Waals surface area contributed by atoms with Crippen LogP contribution in [0.3, 0.4) is 0 Å². The average molecular weight is 378 g/mol. The number of amides is 2. The first-order valence-corrected chi connectivity index (χ1v) is 9.78. The van der Waals surface area contributed by atoms with Gasteiger partial charge in [-0.05, 0) is 32.9 Å². The third-order valence-electron chi connectivity index (χ3n) is 3.86. The Balaban J connectivity index is 2.02. The number of anilines is 1. The minimum Gasteiger partial charge on any atom is -0.337 e. The van der Waals surface area contributed by atoms with Gasteiger partial charge in [-0.15, -0.1) is 23.1 Å². The van der Waals surface area contributed by atoms with Crippen molar-refractivity contribution in [2.75, 3.05) is 18.1 Å². The van der Waals surface area contributed by atoms with Crippen LogP contribution in [0.1, 0.15) is 35.5 Å². The fourth-order valence-corrected chi connectivity index (χ4v) is 4.30. The summed E-state index contributed by atoms with van der Waals surface area (Å²) in [5.74, 6) is 0.208. The Labute approximate surface area is 156 Å². The Morgan fingerprint density at radius 1 is 1.32 bits per heavy atom. The standard InChI is InChI=1S/C18H23N3O2S2/c1-11(18-12(2)25-14(4)20-18)21(5)17(23)10-24-16-9-7-6-8-15(16)19-13(3)22/h6-9,11H,10H2,1-5H3,(H,19,22). The maximum Gasteiger partial charge on any atom is 0.233 e. The Morgan fingerprint density at radius 2 is 2.00 bits per heavy atom. The summed E-state index contributed by atoms with van der Waals surface area (Å²) in [6, 6.07) is 7.43. The molecule has 2 aromatic rings. The highest BCUT2D eigenvalue weighted by Crippen LogP contribution is 2.29.